The Morgan fingerprint density at radius 3 is 3.11 bits per heavy atom. The minimum absolute atomic E-state index is 0.0497. The molecule has 0 bridgehead atoms. The molecule has 1 heterocycles. The summed E-state index contributed by atoms with van der Waals surface area (Å²) in [5, 5.41) is 8.62. The molecule has 2 nitrogen and oxygen atoms in total. The van der Waals surface area contributed by atoms with Crippen LogP contribution in [0.5, 0.6) is 0 Å². The van der Waals surface area contributed by atoms with E-state index in [0.717, 1.165) is 12.8 Å². The van der Waals surface area contributed by atoms with Gasteiger partial charge in [-0.2, -0.15) is 0 Å². The highest BCUT2D eigenvalue weighted by molar-refractivity contribution is 4.96. The van der Waals surface area contributed by atoms with Gasteiger partial charge in [-0.1, -0.05) is 0 Å². The summed E-state index contributed by atoms with van der Waals surface area (Å²) in [6.07, 6.45) is 3.81. The highest BCUT2D eigenvalue weighted by Gasteiger charge is 2.10. The predicted molar refractivity (Wildman–Crippen MR) is 34.9 cm³/mol. The van der Waals surface area contributed by atoms with Crippen molar-refractivity contribution in [2.75, 3.05) is 6.61 Å². The lowest BCUT2D eigenvalue weighted by molar-refractivity contribution is 0.0605. The Hall–Kier alpha value is -0.500. The van der Waals surface area contributed by atoms with Gasteiger partial charge >= 0.3 is 0 Å². The Morgan fingerprint density at radius 1 is 1.89 bits per heavy atom. The van der Waals surface area contributed by atoms with E-state index in [2.05, 4.69) is 0 Å². The summed E-state index contributed by atoms with van der Waals surface area (Å²) in [7, 11) is 0. The van der Waals surface area contributed by atoms with E-state index in [1.807, 2.05) is 6.92 Å². The Labute approximate surface area is 55.1 Å². The highest BCUT2D eigenvalue weighted by Crippen LogP contribution is 2.15. The van der Waals surface area contributed by atoms with E-state index >= 15 is 0 Å². The van der Waals surface area contributed by atoms with Crippen molar-refractivity contribution in [1.82, 2.24) is 0 Å². The van der Waals surface area contributed by atoms with Crippen LogP contribution in [0.2, 0.25) is 0 Å². The predicted octanol–water partition coefficient (Wildman–Crippen LogP) is 1.06. The summed E-state index contributed by atoms with van der Waals surface area (Å²) in [4.78, 5) is 0. The summed E-state index contributed by atoms with van der Waals surface area (Å²) >= 11 is 0. The van der Waals surface area contributed by atoms with E-state index in [1.54, 1.807) is 6.26 Å². The molecule has 52 valence electrons. The third-order valence-corrected chi connectivity index (χ3v) is 1.53. The molecular weight excluding hydrogens is 116 g/mol. The van der Waals surface area contributed by atoms with Crippen LogP contribution in [-0.4, -0.2) is 17.8 Å². The molecule has 1 unspecified atom stereocenters. The quantitative estimate of drug-likeness (QED) is 0.572. The molecule has 1 atom stereocenters. The van der Waals surface area contributed by atoms with Crippen molar-refractivity contribution in [2.24, 2.45) is 0 Å². The molecule has 2 heteroatoms. The summed E-state index contributed by atoms with van der Waals surface area (Å²) in [5.41, 5.74) is 1.26. The van der Waals surface area contributed by atoms with Crippen molar-refractivity contribution in [3.63, 3.8) is 0 Å². The second kappa shape index (κ2) is 2.87. The van der Waals surface area contributed by atoms with Crippen LogP contribution in [0.15, 0.2) is 11.8 Å². The Balaban J connectivity index is 2.36. The molecule has 1 aliphatic heterocycles. The number of allylic oxidation sites excluding steroid dienone is 1. The van der Waals surface area contributed by atoms with Gasteiger partial charge in [-0.15, -0.1) is 0 Å². The molecule has 0 radical (unpaired) electrons. The molecule has 0 fully saturated rings. The average Bonchev–Trinajstić information content (AvgIpc) is 1.90. The molecule has 0 aliphatic carbocycles. The zero-order chi connectivity index (χ0) is 6.69. The van der Waals surface area contributed by atoms with Crippen molar-refractivity contribution >= 4 is 0 Å². The molecule has 0 aromatic heterocycles. The largest absolute Gasteiger partial charge is 0.496 e. The lowest BCUT2D eigenvalue weighted by Crippen LogP contribution is -2.17. The van der Waals surface area contributed by atoms with Crippen molar-refractivity contribution < 1.29 is 9.84 Å². The van der Waals surface area contributed by atoms with E-state index in [0.29, 0.717) is 0 Å². The van der Waals surface area contributed by atoms with E-state index < -0.39 is 0 Å². The monoisotopic (exact) mass is 128 g/mol. The standard InChI is InChI=1S/C7H12O2/c1-6-2-3-7(4-8)9-5-6/h5,7-8H,2-4H2,1H3. The van der Waals surface area contributed by atoms with Crippen LogP contribution in [0.4, 0.5) is 0 Å². The van der Waals surface area contributed by atoms with Crippen molar-refractivity contribution in [3.05, 3.63) is 11.8 Å². The first kappa shape index (κ1) is 6.62. The average molecular weight is 128 g/mol. The first-order valence-corrected chi connectivity index (χ1v) is 3.25. The summed E-state index contributed by atoms with van der Waals surface area (Å²) in [6, 6.07) is 0. The van der Waals surface area contributed by atoms with Gasteiger partial charge in [0.15, 0.2) is 0 Å². The first-order valence-electron chi connectivity index (χ1n) is 3.25. The fourth-order valence-corrected chi connectivity index (χ4v) is 0.862. The molecular formula is C7H12O2. The maximum absolute atomic E-state index is 8.62. The molecule has 0 saturated heterocycles. The van der Waals surface area contributed by atoms with Gasteiger partial charge in [-0.05, 0) is 25.3 Å². The van der Waals surface area contributed by atoms with E-state index in [1.165, 1.54) is 5.57 Å². The maximum Gasteiger partial charge on any atom is 0.121 e. The van der Waals surface area contributed by atoms with Gasteiger partial charge in [-0.3, -0.25) is 0 Å². The van der Waals surface area contributed by atoms with Gasteiger partial charge in [0.1, 0.15) is 6.10 Å². The maximum atomic E-state index is 8.62. The zero-order valence-electron chi connectivity index (χ0n) is 5.63. The van der Waals surface area contributed by atoms with Gasteiger partial charge in [0.05, 0.1) is 12.9 Å². The third kappa shape index (κ3) is 1.72. The molecule has 1 N–H and O–H groups in total. The molecule has 0 amide bonds. The lowest BCUT2D eigenvalue weighted by atomic mass is 10.1. The zero-order valence-corrected chi connectivity index (χ0v) is 5.63. The van der Waals surface area contributed by atoms with Crippen molar-refractivity contribution in [3.8, 4) is 0 Å². The van der Waals surface area contributed by atoms with Crippen molar-refractivity contribution in [1.29, 1.82) is 0 Å². The topological polar surface area (TPSA) is 29.5 Å². The van der Waals surface area contributed by atoms with Gasteiger partial charge in [0, 0.05) is 0 Å². The number of ether oxygens (including phenoxy) is 1. The molecule has 1 aliphatic rings. The van der Waals surface area contributed by atoms with Crippen LogP contribution < -0.4 is 0 Å². The lowest BCUT2D eigenvalue weighted by Gasteiger charge is -2.19. The van der Waals surface area contributed by atoms with Crippen LogP contribution in [0, 0.1) is 0 Å². The number of hydrogen-bond acceptors (Lipinski definition) is 2. The van der Waals surface area contributed by atoms with Gasteiger partial charge < -0.3 is 9.84 Å². The van der Waals surface area contributed by atoms with Crippen LogP contribution in [-0.2, 0) is 4.74 Å². The SMILES string of the molecule is CC1=COC(CO)CC1. The van der Waals surface area contributed by atoms with Gasteiger partial charge in [0.25, 0.3) is 0 Å². The number of aliphatic hydroxyl groups is 1. The Bertz CT molecular complexity index is 118. The molecule has 0 aromatic rings. The molecule has 0 aromatic carbocycles. The molecule has 1 rings (SSSR count). The molecule has 0 spiro atoms. The summed E-state index contributed by atoms with van der Waals surface area (Å²) < 4.78 is 5.13. The second-order valence-electron chi connectivity index (χ2n) is 2.44. The normalized spacial score (nSPS) is 26.9. The van der Waals surface area contributed by atoms with Crippen LogP contribution in [0.3, 0.4) is 0 Å². The highest BCUT2D eigenvalue weighted by atomic mass is 16.5. The Morgan fingerprint density at radius 2 is 2.67 bits per heavy atom. The van der Waals surface area contributed by atoms with E-state index in [9.17, 15) is 0 Å². The first-order chi connectivity index (χ1) is 4.33. The summed E-state index contributed by atoms with van der Waals surface area (Å²) in [6.45, 7) is 2.18. The minimum atomic E-state index is 0.0497. The number of aliphatic hydroxyl groups excluding tert-OH is 1. The fourth-order valence-electron chi connectivity index (χ4n) is 0.862. The van der Waals surface area contributed by atoms with E-state index in [4.69, 9.17) is 9.84 Å². The van der Waals surface area contributed by atoms with Gasteiger partial charge in [-0.25, -0.2) is 0 Å². The fraction of sp³-hybridized carbons (Fsp3) is 0.714. The second-order valence-corrected chi connectivity index (χ2v) is 2.44. The van der Waals surface area contributed by atoms with Gasteiger partial charge in [0.2, 0.25) is 0 Å². The van der Waals surface area contributed by atoms with Crippen molar-refractivity contribution in [2.45, 2.75) is 25.9 Å². The number of rotatable bonds is 1. The minimum Gasteiger partial charge on any atom is -0.496 e. The van der Waals surface area contributed by atoms with E-state index in [-0.39, 0.29) is 12.7 Å². The number of hydrogen-bond donors (Lipinski definition) is 1. The van der Waals surface area contributed by atoms with Crippen LogP contribution >= 0.6 is 0 Å². The van der Waals surface area contributed by atoms with Crippen LogP contribution in [0.25, 0.3) is 0 Å². The Kier molecular flexibility index (Phi) is 2.11. The summed E-state index contributed by atoms with van der Waals surface area (Å²) in [5.74, 6) is 0. The third-order valence-electron chi connectivity index (χ3n) is 1.53. The molecule has 0 saturated carbocycles. The van der Waals surface area contributed by atoms with Crippen LogP contribution in [0.1, 0.15) is 19.8 Å². The molecule has 9 heavy (non-hydrogen) atoms. The smallest absolute Gasteiger partial charge is 0.121 e.